The number of fused-ring (bicyclic) bond motifs is 3. The average molecular weight is 719 g/mol. The maximum atomic E-state index is 16.8. The van der Waals surface area contributed by atoms with E-state index in [-0.39, 0.29) is 40.7 Å². The van der Waals surface area contributed by atoms with Crippen molar-refractivity contribution in [2.75, 3.05) is 53.4 Å². The molecule has 4 aromatic rings. The Balaban J connectivity index is 1.15. The summed E-state index contributed by atoms with van der Waals surface area (Å²) in [4.78, 5) is 33.0. The minimum atomic E-state index is -0.931. The van der Waals surface area contributed by atoms with E-state index in [1.54, 1.807) is 30.3 Å². The lowest BCUT2D eigenvalue weighted by atomic mass is 9.95. The summed E-state index contributed by atoms with van der Waals surface area (Å²) in [6, 6.07) is 8.31. The number of carbonyl (C=O) groups is 1. The summed E-state index contributed by atoms with van der Waals surface area (Å²) in [7, 11) is 3.87. The Bertz CT molecular complexity index is 2100. The number of carbonyl (C=O) groups excluding carboxylic acids is 1. The zero-order valence-corrected chi connectivity index (χ0v) is 29.4. The minimum absolute atomic E-state index is 0.00740. The summed E-state index contributed by atoms with van der Waals surface area (Å²) in [6.07, 6.45) is 10.2. The van der Waals surface area contributed by atoms with Crippen LogP contribution in [-0.4, -0.2) is 118 Å². The van der Waals surface area contributed by atoms with Crippen LogP contribution >= 0.6 is 11.6 Å². The quantitative estimate of drug-likeness (QED) is 0.122. The number of aromatic nitrogens is 3. The van der Waals surface area contributed by atoms with Gasteiger partial charge in [0.2, 0.25) is 5.91 Å². The zero-order chi connectivity index (χ0) is 35.4. The standard InChI is InChI=1S/C38H40ClF3N7O2/c1-46-15-12-26(46)8-10-30(50)48-16-11-23(20-48)19-47(2)36-28-18-43-34(27-6-3-5-24-7-9-29(41)32(39)31(24)27)33(42)35(28)44-37(45-36)51-22-38-13-4-14-49(38)21-25(40)17-38/h3,5-10,18-19,23,25-26H,4,11-17,20-22H2,1-2H3/q+1/b10-8+,47-19?/t23?,25-,26?,38+/m1/s1. The Hall–Kier alpha value is -4.13. The summed E-state index contributed by atoms with van der Waals surface area (Å²) in [6.45, 7) is 3.55. The number of pyridine rings is 1. The fourth-order valence-electron chi connectivity index (χ4n) is 8.27. The average Bonchev–Trinajstić information content (AvgIpc) is 3.82. The van der Waals surface area contributed by atoms with E-state index < -0.39 is 23.3 Å². The van der Waals surface area contributed by atoms with E-state index in [1.165, 1.54) is 12.3 Å². The summed E-state index contributed by atoms with van der Waals surface area (Å²) >= 11 is 6.42. The third kappa shape index (κ3) is 6.25. The zero-order valence-electron chi connectivity index (χ0n) is 28.7. The summed E-state index contributed by atoms with van der Waals surface area (Å²) in [5.41, 5.74) is -0.183. The Morgan fingerprint density at radius 3 is 2.80 bits per heavy atom. The topological polar surface area (TPSA) is 77.7 Å². The number of likely N-dealkylation sites (tertiary alicyclic amines) is 2. The van der Waals surface area contributed by atoms with Crippen molar-refractivity contribution >= 4 is 51.2 Å². The molecule has 51 heavy (non-hydrogen) atoms. The van der Waals surface area contributed by atoms with Crippen LogP contribution in [-0.2, 0) is 4.79 Å². The molecule has 1 amide bonds. The highest BCUT2D eigenvalue weighted by Crippen LogP contribution is 2.41. The number of alkyl halides is 1. The lowest BCUT2D eigenvalue weighted by Gasteiger charge is -2.35. The molecule has 0 saturated carbocycles. The smallest absolute Gasteiger partial charge is 0.434 e. The molecule has 4 fully saturated rings. The number of hydrogen-bond donors (Lipinski definition) is 0. The van der Waals surface area contributed by atoms with Gasteiger partial charge in [-0.3, -0.25) is 19.6 Å². The van der Waals surface area contributed by atoms with E-state index in [1.807, 2.05) is 35.9 Å². The van der Waals surface area contributed by atoms with Gasteiger partial charge < -0.3 is 9.64 Å². The van der Waals surface area contributed by atoms with Gasteiger partial charge in [-0.05, 0) is 50.7 Å². The van der Waals surface area contributed by atoms with Gasteiger partial charge in [-0.1, -0.05) is 41.9 Å². The molecule has 4 atom stereocenters. The SMILES string of the molecule is CN1CCC1/C=C/C(=O)N1CCC(C=[N+](C)c2nc(OC[C@@]34CCCN3C[C@H](F)C4)nc3c(F)c(-c4cccc5ccc(F)c(Cl)c45)ncc23)C1. The molecule has 8 rings (SSSR count). The Morgan fingerprint density at radius 2 is 2.00 bits per heavy atom. The van der Waals surface area contributed by atoms with Crippen LogP contribution in [0.4, 0.5) is 19.0 Å². The molecule has 4 saturated heterocycles. The van der Waals surface area contributed by atoms with Gasteiger partial charge in [-0.25, -0.2) is 17.7 Å². The van der Waals surface area contributed by atoms with Crippen molar-refractivity contribution in [3.63, 3.8) is 0 Å². The molecular formula is C38H40ClF3N7O2+. The van der Waals surface area contributed by atoms with Crippen molar-refractivity contribution in [3.8, 4) is 17.3 Å². The van der Waals surface area contributed by atoms with Crippen molar-refractivity contribution in [1.82, 2.24) is 29.7 Å². The first-order chi connectivity index (χ1) is 24.6. The predicted octanol–water partition coefficient (Wildman–Crippen LogP) is 6.19. The van der Waals surface area contributed by atoms with Crippen LogP contribution in [0.2, 0.25) is 5.02 Å². The third-order valence-corrected chi connectivity index (χ3v) is 11.5. The fourth-order valence-corrected chi connectivity index (χ4v) is 8.55. The molecule has 0 aliphatic carbocycles. The van der Waals surface area contributed by atoms with Crippen molar-refractivity contribution in [1.29, 1.82) is 0 Å². The maximum absolute atomic E-state index is 16.8. The molecule has 2 aromatic heterocycles. The van der Waals surface area contributed by atoms with E-state index in [0.29, 0.717) is 59.6 Å². The fraction of sp³-hybridized carbons (Fsp3) is 0.447. The Kier molecular flexibility index (Phi) is 8.96. The van der Waals surface area contributed by atoms with Crippen molar-refractivity contribution in [2.24, 2.45) is 5.92 Å². The second-order valence-corrected chi connectivity index (χ2v) is 14.8. The molecule has 4 aliphatic rings. The third-order valence-electron chi connectivity index (χ3n) is 11.2. The van der Waals surface area contributed by atoms with Crippen LogP contribution in [0.5, 0.6) is 6.01 Å². The second-order valence-electron chi connectivity index (χ2n) is 14.4. The van der Waals surface area contributed by atoms with E-state index in [4.69, 9.17) is 21.3 Å². The van der Waals surface area contributed by atoms with Crippen molar-refractivity contribution < 1.29 is 27.3 Å². The number of halogens is 4. The summed E-state index contributed by atoms with van der Waals surface area (Å²) in [5.74, 6) is -0.944. The molecular weight excluding hydrogens is 679 g/mol. The van der Waals surface area contributed by atoms with Crippen LogP contribution in [0.3, 0.4) is 0 Å². The molecule has 2 aromatic carbocycles. The highest BCUT2D eigenvalue weighted by atomic mass is 35.5. The molecule has 2 unspecified atom stereocenters. The van der Waals surface area contributed by atoms with Gasteiger partial charge in [0, 0.05) is 72.8 Å². The molecule has 6 heterocycles. The van der Waals surface area contributed by atoms with Crippen molar-refractivity contribution in [3.05, 3.63) is 65.3 Å². The molecule has 0 bridgehead atoms. The first kappa shape index (κ1) is 34.0. The van der Waals surface area contributed by atoms with Crippen LogP contribution in [0, 0.1) is 17.6 Å². The molecule has 9 nitrogen and oxygen atoms in total. The van der Waals surface area contributed by atoms with Crippen molar-refractivity contribution in [2.45, 2.75) is 49.9 Å². The highest BCUT2D eigenvalue weighted by Gasteiger charge is 2.49. The summed E-state index contributed by atoms with van der Waals surface area (Å²) in [5, 5.41) is 1.21. The lowest BCUT2D eigenvalue weighted by Crippen LogP contribution is -2.43. The van der Waals surface area contributed by atoms with E-state index in [2.05, 4.69) is 19.8 Å². The van der Waals surface area contributed by atoms with Gasteiger partial charge in [-0.2, -0.15) is 4.98 Å². The number of hydrogen-bond acceptors (Lipinski definition) is 7. The predicted molar refractivity (Wildman–Crippen MR) is 191 cm³/mol. The molecule has 0 N–H and O–H groups in total. The largest absolute Gasteiger partial charge is 0.443 e. The second kappa shape index (κ2) is 13.4. The number of rotatable bonds is 8. The monoisotopic (exact) mass is 718 g/mol. The van der Waals surface area contributed by atoms with Gasteiger partial charge in [0.1, 0.15) is 35.2 Å². The van der Waals surface area contributed by atoms with Gasteiger partial charge in [0.15, 0.2) is 5.82 Å². The van der Waals surface area contributed by atoms with E-state index in [0.717, 1.165) is 38.8 Å². The van der Waals surface area contributed by atoms with Crippen LogP contribution < -0.4 is 4.74 Å². The molecule has 266 valence electrons. The van der Waals surface area contributed by atoms with Gasteiger partial charge >= 0.3 is 11.8 Å². The number of likely N-dealkylation sites (N-methyl/N-ethyl adjacent to an activating group) is 1. The number of amides is 1. The summed E-state index contributed by atoms with van der Waals surface area (Å²) < 4.78 is 54.0. The number of benzene rings is 2. The highest BCUT2D eigenvalue weighted by molar-refractivity contribution is 6.36. The molecule has 0 spiro atoms. The van der Waals surface area contributed by atoms with Gasteiger partial charge in [0.05, 0.1) is 23.8 Å². The van der Waals surface area contributed by atoms with E-state index >= 15 is 4.39 Å². The number of nitrogens with zero attached hydrogens (tertiary/aromatic N) is 7. The lowest BCUT2D eigenvalue weighted by molar-refractivity contribution is -0.405. The minimum Gasteiger partial charge on any atom is -0.443 e. The van der Waals surface area contributed by atoms with Crippen LogP contribution in [0.15, 0.2) is 48.7 Å². The maximum Gasteiger partial charge on any atom is 0.434 e. The first-order valence-corrected chi connectivity index (χ1v) is 18.0. The normalized spacial score (nSPS) is 25.7. The van der Waals surface area contributed by atoms with Crippen LogP contribution in [0.1, 0.15) is 32.1 Å². The molecule has 0 radical (unpaired) electrons. The Morgan fingerprint density at radius 1 is 1.14 bits per heavy atom. The van der Waals surface area contributed by atoms with Crippen LogP contribution in [0.25, 0.3) is 32.9 Å². The molecule has 4 aliphatic heterocycles. The Labute approximate surface area is 299 Å². The number of ether oxygens (including phenoxy) is 1. The molecule has 13 heteroatoms. The van der Waals surface area contributed by atoms with Gasteiger partial charge in [0.25, 0.3) is 0 Å². The van der Waals surface area contributed by atoms with E-state index in [9.17, 15) is 13.6 Å². The first-order valence-electron chi connectivity index (χ1n) is 17.6. The van der Waals surface area contributed by atoms with Gasteiger partial charge in [-0.15, -0.1) is 0 Å².